The summed E-state index contributed by atoms with van der Waals surface area (Å²) in [4.78, 5) is 38.9. The van der Waals surface area contributed by atoms with Gasteiger partial charge in [-0.1, -0.05) is 58.5 Å². The van der Waals surface area contributed by atoms with E-state index >= 15 is 0 Å². The molecular weight excluding hydrogens is 508 g/mol. The second-order valence-corrected chi connectivity index (χ2v) is 8.47. The number of carbonyl (C=O) groups excluding carboxylic acids is 3. The van der Waals surface area contributed by atoms with Crippen LogP contribution in [0.4, 0.5) is 17.1 Å². The molecule has 33 heavy (non-hydrogen) atoms. The third kappa shape index (κ3) is 4.70. The molecule has 4 rings (SSSR count). The minimum Gasteiger partial charge on any atom is -0.350 e. The number of carbonyl (C=O) groups is 3. The number of amides is 3. The van der Waals surface area contributed by atoms with Gasteiger partial charge in [-0.2, -0.15) is 0 Å². The molecule has 0 radical (unpaired) electrons. The van der Waals surface area contributed by atoms with E-state index in [0.717, 1.165) is 4.90 Å². The lowest BCUT2D eigenvalue weighted by Gasteiger charge is -2.17. The molecule has 2 N–H and O–H groups in total. The summed E-state index contributed by atoms with van der Waals surface area (Å²) in [6.45, 7) is 0. The Labute approximate surface area is 208 Å². The summed E-state index contributed by atoms with van der Waals surface area (Å²) in [7, 11) is 0. The van der Waals surface area contributed by atoms with Gasteiger partial charge in [0.1, 0.15) is 10.7 Å². The van der Waals surface area contributed by atoms with Gasteiger partial charge in [-0.05, 0) is 54.6 Å². The van der Waals surface area contributed by atoms with E-state index in [-0.39, 0.29) is 32.4 Å². The molecule has 10 heteroatoms. The number of nitrogens with one attached hydrogen (secondary N) is 2. The van der Waals surface area contributed by atoms with E-state index in [2.05, 4.69) is 10.6 Å². The maximum absolute atomic E-state index is 12.9. The number of hydrogen-bond acceptors (Lipinski definition) is 4. The van der Waals surface area contributed by atoms with Gasteiger partial charge in [0.05, 0.1) is 15.7 Å². The second-order valence-electron chi connectivity index (χ2n) is 6.87. The topological polar surface area (TPSA) is 78.5 Å². The van der Waals surface area contributed by atoms with Crippen LogP contribution in [0, 0.1) is 0 Å². The molecular formula is C23H13Cl4N3O3. The normalized spacial score (nSPS) is 13.5. The van der Waals surface area contributed by atoms with Crippen molar-refractivity contribution in [2.75, 3.05) is 15.5 Å². The minimum atomic E-state index is -0.731. The largest absolute Gasteiger partial charge is 0.350 e. The van der Waals surface area contributed by atoms with E-state index in [9.17, 15) is 14.4 Å². The zero-order valence-corrected chi connectivity index (χ0v) is 19.6. The Morgan fingerprint density at radius 1 is 0.788 bits per heavy atom. The average molecular weight is 521 g/mol. The molecule has 1 aliphatic rings. The lowest BCUT2D eigenvalue weighted by molar-refractivity contribution is -0.120. The summed E-state index contributed by atoms with van der Waals surface area (Å²) in [5.41, 5.74) is 1.39. The smallest absolute Gasteiger partial charge is 0.283 e. The highest BCUT2D eigenvalue weighted by Crippen LogP contribution is 2.37. The summed E-state index contributed by atoms with van der Waals surface area (Å²) in [6, 6.07) is 17.6. The van der Waals surface area contributed by atoms with Crippen molar-refractivity contribution in [1.82, 2.24) is 0 Å². The van der Waals surface area contributed by atoms with Gasteiger partial charge >= 0.3 is 0 Å². The predicted molar refractivity (Wildman–Crippen MR) is 131 cm³/mol. The van der Waals surface area contributed by atoms with Crippen molar-refractivity contribution in [3.63, 3.8) is 0 Å². The SMILES string of the molecule is O=C(Nc1cccc(Cl)c1)c1ccc(NC2=C(Cl)C(=O)N(c3cccc(Cl)c3Cl)C2=O)cc1. The van der Waals surface area contributed by atoms with Crippen LogP contribution < -0.4 is 15.5 Å². The summed E-state index contributed by atoms with van der Waals surface area (Å²) in [5.74, 6) is -1.75. The fourth-order valence-corrected chi connectivity index (χ4v) is 3.90. The van der Waals surface area contributed by atoms with E-state index in [4.69, 9.17) is 46.4 Å². The number of halogens is 4. The van der Waals surface area contributed by atoms with Crippen LogP contribution in [0.2, 0.25) is 15.1 Å². The van der Waals surface area contributed by atoms with Crippen molar-refractivity contribution in [2.45, 2.75) is 0 Å². The molecule has 0 saturated carbocycles. The van der Waals surface area contributed by atoms with Crippen molar-refractivity contribution in [3.05, 3.63) is 98.1 Å². The Morgan fingerprint density at radius 2 is 1.48 bits per heavy atom. The fraction of sp³-hybridized carbons (Fsp3) is 0. The number of nitrogens with zero attached hydrogens (tertiary/aromatic N) is 1. The molecule has 0 saturated heterocycles. The molecule has 3 aromatic rings. The first-order valence-corrected chi connectivity index (χ1v) is 10.9. The van der Waals surface area contributed by atoms with Gasteiger partial charge < -0.3 is 10.6 Å². The van der Waals surface area contributed by atoms with Gasteiger partial charge in [0.25, 0.3) is 17.7 Å². The van der Waals surface area contributed by atoms with Crippen LogP contribution in [0.15, 0.2) is 77.5 Å². The van der Waals surface area contributed by atoms with E-state index in [1.807, 2.05) is 0 Å². The number of rotatable bonds is 5. The zero-order chi connectivity index (χ0) is 23.7. The monoisotopic (exact) mass is 519 g/mol. The molecule has 0 atom stereocenters. The average Bonchev–Trinajstić information content (AvgIpc) is 2.99. The summed E-state index contributed by atoms with van der Waals surface area (Å²) >= 11 is 24.3. The van der Waals surface area contributed by atoms with Crippen molar-refractivity contribution in [2.24, 2.45) is 0 Å². The van der Waals surface area contributed by atoms with Crippen LogP contribution in [0.1, 0.15) is 10.4 Å². The highest BCUT2D eigenvalue weighted by atomic mass is 35.5. The third-order valence-electron chi connectivity index (χ3n) is 4.70. The quantitative estimate of drug-likeness (QED) is 0.385. The maximum Gasteiger partial charge on any atom is 0.283 e. The van der Waals surface area contributed by atoms with Crippen molar-refractivity contribution >= 4 is 81.2 Å². The van der Waals surface area contributed by atoms with Gasteiger partial charge in [0.15, 0.2) is 0 Å². The molecule has 3 aromatic carbocycles. The maximum atomic E-state index is 12.9. The van der Waals surface area contributed by atoms with Crippen LogP contribution in [0.25, 0.3) is 0 Å². The molecule has 1 aliphatic heterocycles. The van der Waals surface area contributed by atoms with Gasteiger partial charge in [-0.25, -0.2) is 4.90 Å². The highest BCUT2D eigenvalue weighted by molar-refractivity contribution is 6.54. The predicted octanol–water partition coefficient (Wildman–Crippen LogP) is 6.33. The number of benzene rings is 3. The van der Waals surface area contributed by atoms with Gasteiger partial charge in [-0.15, -0.1) is 0 Å². The lowest BCUT2D eigenvalue weighted by atomic mass is 10.2. The Morgan fingerprint density at radius 3 is 2.18 bits per heavy atom. The highest BCUT2D eigenvalue weighted by Gasteiger charge is 2.40. The lowest BCUT2D eigenvalue weighted by Crippen LogP contribution is -2.32. The van der Waals surface area contributed by atoms with E-state index in [1.54, 1.807) is 54.6 Å². The molecule has 0 aromatic heterocycles. The Kier molecular flexibility index (Phi) is 6.63. The first-order valence-electron chi connectivity index (χ1n) is 9.43. The number of imide groups is 1. The molecule has 0 unspecified atom stereocenters. The number of hydrogen-bond donors (Lipinski definition) is 2. The standard InChI is InChI=1S/C23H13Cl4N3O3/c24-13-3-1-4-15(11-13)29-21(31)12-7-9-14(10-8-12)28-20-19(27)22(32)30(23(20)33)17-6-2-5-16(25)18(17)26/h1-11,28H,(H,29,31). The number of anilines is 3. The third-order valence-corrected chi connectivity index (χ3v) is 6.09. The summed E-state index contributed by atoms with van der Waals surface area (Å²) in [6.07, 6.45) is 0. The van der Waals surface area contributed by atoms with Gasteiger partial charge in [0, 0.05) is 22.0 Å². The van der Waals surface area contributed by atoms with Crippen molar-refractivity contribution < 1.29 is 14.4 Å². The molecule has 0 spiro atoms. The minimum absolute atomic E-state index is 0.0571. The van der Waals surface area contributed by atoms with Crippen LogP contribution >= 0.6 is 46.4 Å². The molecule has 6 nitrogen and oxygen atoms in total. The Balaban J connectivity index is 1.50. The summed E-state index contributed by atoms with van der Waals surface area (Å²) < 4.78 is 0. The van der Waals surface area contributed by atoms with Crippen LogP contribution in [-0.2, 0) is 9.59 Å². The van der Waals surface area contributed by atoms with Crippen LogP contribution in [0.3, 0.4) is 0 Å². The van der Waals surface area contributed by atoms with Crippen molar-refractivity contribution in [3.8, 4) is 0 Å². The van der Waals surface area contributed by atoms with Gasteiger partial charge in [-0.3, -0.25) is 14.4 Å². The first kappa shape index (κ1) is 23.1. The molecule has 0 fully saturated rings. The second kappa shape index (κ2) is 9.45. The van der Waals surface area contributed by atoms with E-state index in [0.29, 0.717) is 22.0 Å². The van der Waals surface area contributed by atoms with Crippen LogP contribution in [0.5, 0.6) is 0 Å². The van der Waals surface area contributed by atoms with Gasteiger partial charge in [0.2, 0.25) is 0 Å². The Hall–Kier alpha value is -3.03. The van der Waals surface area contributed by atoms with E-state index in [1.165, 1.54) is 12.1 Å². The van der Waals surface area contributed by atoms with Crippen LogP contribution in [-0.4, -0.2) is 17.7 Å². The van der Waals surface area contributed by atoms with Crippen molar-refractivity contribution in [1.29, 1.82) is 0 Å². The molecule has 166 valence electrons. The summed E-state index contributed by atoms with van der Waals surface area (Å²) in [5, 5.41) is 6.04. The zero-order valence-electron chi connectivity index (χ0n) is 16.5. The molecule has 0 aliphatic carbocycles. The first-order chi connectivity index (χ1) is 15.8. The van der Waals surface area contributed by atoms with E-state index < -0.39 is 11.8 Å². The molecule has 0 bridgehead atoms. The Bertz CT molecular complexity index is 1320. The fourth-order valence-electron chi connectivity index (χ4n) is 3.11. The molecule has 3 amide bonds. The molecule has 1 heterocycles.